The Bertz CT molecular complexity index is 343. The molecule has 14 heavy (non-hydrogen) atoms. The molecule has 1 aromatic rings. The Hall–Kier alpha value is -1.64. The molecule has 0 aliphatic heterocycles. The molecule has 0 bridgehead atoms. The van der Waals surface area contributed by atoms with Crippen LogP contribution in [0.25, 0.3) is 6.08 Å². The van der Waals surface area contributed by atoms with Crippen LogP contribution in [0.3, 0.4) is 0 Å². The summed E-state index contributed by atoms with van der Waals surface area (Å²) in [5, 5.41) is 27.8. The number of rotatable bonds is 3. The van der Waals surface area contributed by atoms with Crippen molar-refractivity contribution in [3.8, 4) is 17.2 Å². The van der Waals surface area contributed by atoms with Gasteiger partial charge in [-0.3, -0.25) is 0 Å². The minimum absolute atomic E-state index is 0.0588. The Morgan fingerprint density at radius 1 is 1.21 bits per heavy atom. The number of benzene rings is 1. The van der Waals surface area contributed by atoms with Crippen LogP contribution >= 0.6 is 0 Å². The highest BCUT2D eigenvalue weighted by Gasteiger charge is 2.05. The molecule has 1 rings (SSSR count). The van der Waals surface area contributed by atoms with Gasteiger partial charge in [0.1, 0.15) is 5.75 Å². The minimum atomic E-state index is -0.304. The Morgan fingerprint density at radius 3 is 2.57 bits per heavy atom. The molecule has 0 spiro atoms. The number of aromatic hydroxyl groups is 3. The molecule has 3 N–H and O–H groups in total. The first kappa shape index (κ1) is 10.4. The van der Waals surface area contributed by atoms with Crippen molar-refractivity contribution >= 4 is 6.08 Å². The van der Waals surface area contributed by atoms with Crippen molar-refractivity contribution in [2.24, 2.45) is 0 Å². The summed E-state index contributed by atoms with van der Waals surface area (Å²) in [4.78, 5) is 0. The predicted molar refractivity (Wildman–Crippen MR) is 55.4 cm³/mol. The summed E-state index contributed by atoms with van der Waals surface area (Å²) >= 11 is 0. The van der Waals surface area contributed by atoms with E-state index in [4.69, 9.17) is 5.11 Å². The number of hydrogen-bond donors (Lipinski definition) is 3. The highest BCUT2D eigenvalue weighted by Crippen LogP contribution is 2.33. The lowest BCUT2D eigenvalue weighted by Gasteiger charge is -2.02. The van der Waals surface area contributed by atoms with Gasteiger partial charge in [-0.1, -0.05) is 25.5 Å². The van der Waals surface area contributed by atoms with Gasteiger partial charge >= 0.3 is 0 Å². The standard InChI is InChI=1S/C11H14O3/c1-2-3-4-5-8-6-9(12)7-10(13)11(8)14/h4-7,12-14H,2-3H2,1H3/b5-4+. The highest BCUT2D eigenvalue weighted by atomic mass is 16.3. The number of hydrogen-bond acceptors (Lipinski definition) is 3. The molecule has 0 saturated carbocycles. The third-order valence-electron chi connectivity index (χ3n) is 1.86. The Labute approximate surface area is 82.9 Å². The van der Waals surface area contributed by atoms with Crippen molar-refractivity contribution in [2.45, 2.75) is 19.8 Å². The normalized spacial score (nSPS) is 10.9. The maximum Gasteiger partial charge on any atom is 0.165 e. The molecule has 0 aromatic heterocycles. The molecular formula is C11H14O3. The van der Waals surface area contributed by atoms with Crippen molar-refractivity contribution in [1.82, 2.24) is 0 Å². The molecule has 0 fully saturated rings. The van der Waals surface area contributed by atoms with Crippen molar-refractivity contribution in [3.05, 3.63) is 23.8 Å². The Kier molecular flexibility index (Phi) is 3.40. The molecule has 3 nitrogen and oxygen atoms in total. The van der Waals surface area contributed by atoms with Crippen LogP contribution in [0.15, 0.2) is 18.2 Å². The molecular weight excluding hydrogens is 180 g/mol. The van der Waals surface area contributed by atoms with E-state index >= 15 is 0 Å². The molecule has 0 saturated heterocycles. The van der Waals surface area contributed by atoms with Crippen LogP contribution in [0.2, 0.25) is 0 Å². The average molecular weight is 194 g/mol. The largest absolute Gasteiger partial charge is 0.508 e. The number of unbranched alkanes of at least 4 members (excludes halogenated alkanes) is 1. The van der Waals surface area contributed by atoms with Crippen LogP contribution in [0, 0.1) is 0 Å². The first-order chi connectivity index (χ1) is 6.65. The van der Waals surface area contributed by atoms with E-state index in [0.717, 1.165) is 18.9 Å². The Balaban J connectivity index is 2.96. The predicted octanol–water partition coefficient (Wildman–Crippen LogP) is 2.62. The molecule has 1 aromatic carbocycles. The van der Waals surface area contributed by atoms with Gasteiger partial charge in [-0.05, 0) is 12.5 Å². The van der Waals surface area contributed by atoms with E-state index in [1.54, 1.807) is 6.08 Å². The van der Waals surface area contributed by atoms with Crippen LogP contribution in [0.5, 0.6) is 17.2 Å². The molecule has 0 amide bonds. The lowest BCUT2D eigenvalue weighted by molar-refractivity contribution is 0.395. The third kappa shape index (κ3) is 2.42. The molecule has 0 unspecified atom stereocenters. The van der Waals surface area contributed by atoms with E-state index in [0.29, 0.717) is 5.56 Å². The summed E-state index contributed by atoms with van der Waals surface area (Å²) in [6, 6.07) is 2.51. The minimum Gasteiger partial charge on any atom is -0.508 e. The summed E-state index contributed by atoms with van der Waals surface area (Å²) in [5.41, 5.74) is 0.427. The van der Waals surface area contributed by atoms with Crippen molar-refractivity contribution in [3.63, 3.8) is 0 Å². The fourth-order valence-corrected chi connectivity index (χ4v) is 1.13. The van der Waals surface area contributed by atoms with E-state index in [-0.39, 0.29) is 17.2 Å². The molecule has 0 aliphatic rings. The van der Waals surface area contributed by atoms with E-state index in [1.165, 1.54) is 6.07 Å². The highest BCUT2D eigenvalue weighted by molar-refractivity contribution is 5.63. The third-order valence-corrected chi connectivity index (χ3v) is 1.86. The topological polar surface area (TPSA) is 60.7 Å². The van der Waals surface area contributed by atoms with Gasteiger partial charge in [0.25, 0.3) is 0 Å². The van der Waals surface area contributed by atoms with Crippen LogP contribution in [0.1, 0.15) is 25.3 Å². The van der Waals surface area contributed by atoms with E-state index in [1.807, 2.05) is 13.0 Å². The summed E-state index contributed by atoms with van der Waals surface area (Å²) in [6.45, 7) is 2.05. The quantitative estimate of drug-likeness (QED) is 0.512. The van der Waals surface area contributed by atoms with Gasteiger partial charge < -0.3 is 15.3 Å². The summed E-state index contributed by atoms with van der Waals surface area (Å²) in [5.74, 6) is -0.562. The molecule has 0 heterocycles. The lowest BCUT2D eigenvalue weighted by atomic mass is 10.1. The van der Waals surface area contributed by atoms with Gasteiger partial charge in [0.05, 0.1) is 0 Å². The maximum absolute atomic E-state index is 9.41. The van der Waals surface area contributed by atoms with Gasteiger partial charge in [0.15, 0.2) is 11.5 Å². The van der Waals surface area contributed by atoms with Crippen molar-refractivity contribution in [1.29, 1.82) is 0 Å². The van der Waals surface area contributed by atoms with E-state index in [2.05, 4.69) is 0 Å². The second-order valence-electron chi connectivity index (χ2n) is 3.09. The van der Waals surface area contributed by atoms with Crippen molar-refractivity contribution < 1.29 is 15.3 Å². The molecule has 0 atom stereocenters. The van der Waals surface area contributed by atoms with Crippen LogP contribution in [0.4, 0.5) is 0 Å². The first-order valence-corrected chi connectivity index (χ1v) is 4.56. The lowest BCUT2D eigenvalue weighted by Crippen LogP contribution is -1.77. The maximum atomic E-state index is 9.41. The van der Waals surface area contributed by atoms with E-state index < -0.39 is 0 Å². The number of allylic oxidation sites excluding steroid dienone is 1. The van der Waals surface area contributed by atoms with Gasteiger partial charge in [0.2, 0.25) is 0 Å². The first-order valence-electron chi connectivity index (χ1n) is 4.56. The molecule has 0 aliphatic carbocycles. The smallest absolute Gasteiger partial charge is 0.165 e. The summed E-state index contributed by atoms with van der Waals surface area (Å²) < 4.78 is 0. The average Bonchev–Trinajstić information content (AvgIpc) is 2.13. The molecule has 76 valence electrons. The zero-order chi connectivity index (χ0) is 10.6. The fraction of sp³-hybridized carbons (Fsp3) is 0.273. The summed E-state index contributed by atoms with van der Waals surface area (Å²) in [6.07, 6.45) is 5.48. The van der Waals surface area contributed by atoms with Crippen LogP contribution < -0.4 is 0 Å². The van der Waals surface area contributed by atoms with E-state index in [9.17, 15) is 10.2 Å². The number of phenolic OH excluding ortho intramolecular Hbond substituents is 3. The molecule has 3 heteroatoms. The van der Waals surface area contributed by atoms with Gasteiger partial charge in [-0.25, -0.2) is 0 Å². The SMILES string of the molecule is CCC/C=C/c1cc(O)cc(O)c1O. The summed E-state index contributed by atoms with van der Waals surface area (Å²) in [7, 11) is 0. The fourth-order valence-electron chi connectivity index (χ4n) is 1.13. The van der Waals surface area contributed by atoms with Gasteiger partial charge in [-0.15, -0.1) is 0 Å². The zero-order valence-corrected chi connectivity index (χ0v) is 8.07. The van der Waals surface area contributed by atoms with Crippen molar-refractivity contribution in [2.75, 3.05) is 0 Å². The second-order valence-corrected chi connectivity index (χ2v) is 3.09. The van der Waals surface area contributed by atoms with Gasteiger partial charge in [0, 0.05) is 11.6 Å². The Morgan fingerprint density at radius 2 is 1.93 bits per heavy atom. The monoisotopic (exact) mass is 194 g/mol. The van der Waals surface area contributed by atoms with Gasteiger partial charge in [-0.2, -0.15) is 0 Å². The second kappa shape index (κ2) is 4.56. The van der Waals surface area contributed by atoms with Crippen LogP contribution in [-0.4, -0.2) is 15.3 Å². The number of phenols is 3. The molecule has 0 radical (unpaired) electrons. The zero-order valence-electron chi connectivity index (χ0n) is 8.07. The van der Waals surface area contributed by atoms with Crippen LogP contribution in [-0.2, 0) is 0 Å².